The number of aromatic nitrogens is 1. The normalized spacial score (nSPS) is 16.4. The summed E-state index contributed by atoms with van der Waals surface area (Å²) < 4.78 is 43.9. The second kappa shape index (κ2) is 8.79. The van der Waals surface area contributed by atoms with Gasteiger partial charge < -0.3 is 15.0 Å². The summed E-state index contributed by atoms with van der Waals surface area (Å²) in [6, 6.07) is 6.16. The molecule has 1 unspecified atom stereocenters. The van der Waals surface area contributed by atoms with Gasteiger partial charge in [0.1, 0.15) is 5.69 Å². The summed E-state index contributed by atoms with van der Waals surface area (Å²) in [6.07, 6.45) is -2.93. The number of H-pyrrole nitrogens is 1. The van der Waals surface area contributed by atoms with Crippen molar-refractivity contribution in [2.45, 2.75) is 19.1 Å². The lowest BCUT2D eigenvalue weighted by molar-refractivity contribution is -0.137. The number of hydrogen-bond donors (Lipinski definition) is 2. The number of alkyl halides is 3. The van der Waals surface area contributed by atoms with E-state index >= 15 is 0 Å². The Hall–Kier alpha value is -2.65. The third-order valence-corrected chi connectivity index (χ3v) is 4.90. The Morgan fingerprint density at radius 1 is 1.21 bits per heavy atom. The zero-order valence-corrected chi connectivity index (χ0v) is 15.9. The minimum atomic E-state index is -4.40. The Morgan fingerprint density at radius 2 is 1.86 bits per heavy atom. The maximum Gasteiger partial charge on any atom is 0.416 e. The predicted octanol–water partition coefficient (Wildman–Crippen LogP) is 3.04. The topological polar surface area (TPSA) is 74.4 Å². The highest BCUT2D eigenvalue weighted by atomic mass is 19.4. The summed E-state index contributed by atoms with van der Waals surface area (Å²) in [5.74, 6) is -0.543. The SMILES string of the molecule is CC(=O)c1c[nH]c(C(=O)NCC(c2ccc(C(F)(F)F)cc2)N2CCOCC2)c1. The molecule has 1 amide bonds. The molecule has 1 atom stereocenters. The molecule has 1 aromatic carbocycles. The van der Waals surface area contributed by atoms with Crippen molar-refractivity contribution in [3.05, 3.63) is 58.9 Å². The van der Waals surface area contributed by atoms with Crippen molar-refractivity contribution in [2.75, 3.05) is 32.8 Å². The van der Waals surface area contributed by atoms with Crippen molar-refractivity contribution < 1.29 is 27.5 Å². The van der Waals surface area contributed by atoms with Crippen LogP contribution in [0.5, 0.6) is 0 Å². The number of ketones is 1. The molecule has 1 aromatic heterocycles. The first-order valence-electron chi connectivity index (χ1n) is 9.22. The number of morpholine rings is 1. The summed E-state index contributed by atoms with van der Waals surface area (Å²) in [4.78, 5) is 28.7. The van der Waals surface area contributed by atoms with Gasteiger partial charge in [0.15, 0.2) is 5.78 Å². The average Bonchev–Trinajstić information content (AvgIpc) is 3.19. The smallest absolute Gasteiger partial charge is 0.379 e. The molecule has 29 heavy (non-hydrogen) atoms. The van der Waals surface area contributed by atoms with Gasteiger partial charge >= 0.3 is 6.18 Å². The van der Waals surface area contributed by atoms with E-state index in [4.69, 9.17) is 4.74 Å². The van der Waals surface area contributed by atoms with E-state index in [2.05, 4.69) is 15.2 Å². The number of nitrogens with zero attached hydrogens (tertiary/aromatic N) is 1. The molecule has 1 aliphatic heterocycles. The lowest BCUT2D eigenvalue weighted by Gasteiger charge is -2.35. The van der Waals surface area contributed by atoms with Crippen LogP contribution in [-0.4, -0.2) is 54.4 Å². The fourth-order valence-electron chi connectivity index (χ4n) is 3.25. The van der Waals surface area contributed by atoms with Gasteiger partial charge in [0.05, 0.1) is 24.8 Å². The third kappa shape index (κ3) is 5.24. The van der Waals surface area contributed by atoms with Crippen LogP contribution in [0.25, 0.3) is 0 Å². The fraction of sp³-hybridized carbons (Fsp3) is 0.400. The molecule has 0 aliphatic carbocycles. The molecule has 9 heteroatoms. The third-order valence-electron chi connectivity index (χ3n) is 4.90. The van der Waals surface area contributed by atoms with Gasteiger partial charge in [-0.2, -0.15) is 13.2 Å². The zero-order chi connectivity index (χ0) is 21.0. The number of rotatable bonds is 6. The van der Waals surface area contributed by atoms with Gasteiger partial charge in [-0.25, -0.2) is 0 Å². The molecule has 2 N–H and O–H groups in total. The minimum absolute atomic E-state index is 0.156. The van der Waals surface area contributed by atoms with Crippen molar-refractivity contribution in [3.8, 4) is 0 Å². The molecule has 0 radical (unpaired) electrons. The van der Waals surface area contributed by atoms with Gasteiger partial charge in [0, 0.05) is 31.4 Å². The largest absolute Gasteiger partial charge is 0.416 e. The molecule has 1 fully saturated rings. The standard InChI is InChI=1S/C20H22F3N3O3/c1-13(27)15-10-17(24-11-15)19(28)25-12-18(26-6-8-29-9-7-26)14-2-4-16(5-3-14)20(21,22)23/h2-5,10-11,18,24H,6-9,12H2,1H3,(H,25,28). The van der Waals surface area contributed by atoms with Crippen molar-refractivity contribution in [2.24, 2.45) is 0 Å². The number of carbonyl (C=O) groups is 2. The monoisotopic (exact) mass is 409 g/mol. The van der Waals surface area contributed by atoms with E-state index in [1.807, 2.05) is 0 Å². The second-order valence-corrected chi connectivity index (χ2v) is 6.85. The van der Waals surface area contributed by atoms with Crippen LogP contribution in [0.1, 0.15) is 44.9 Å². The second-order valence-electron chi connectivity index (χ2n) is 6.85. The number of benzene rings is 1. The van der Waals surface area contributed by atoms with Crippen LogP contribution < -0.4 is 5.32 Å². The first-order valence-corrected chi connectivity index (χ1v) is 9.22. The van der Waals surface area contributed by atoms with Crippen LogP contribution >= 0.6 is 0 Å². The van der Waals surface area contributed by atoms with E-state index in [-0.39, 0.29) is 30.0 Å². The zero-order valence-electron chi connectivity index (χ0n) is 15.9. The summed E-state index contributed by atoms with van der Waals surface area (Å²) >= 11 is 0. The number of ether oxygens (including phenoxy) is 1. The molecule has 3 rings (SSSR count). The van der Waals surface area contributed by atoms with Crippen LogP contribution in [0.2, 0.25) is 0 Å². The minimum Gasteiger partial charge on any atom is -0.379 e. The number of Topliss-reactive ketones (excluding diaryl/α,β-unsaturated/α-hetero) is 1. The Balaban J connectivity index is 1.74. The molecule has 2 heterocycles. The van der Waals surface area contributed by atoms with E-state index in [1.165, 1.54) is 31.3 Å². The van der Waals surface area contributed by atoms with Crippen molar-refractivity contribution >= 4 is 11.7 Å². The average molecular weight is 409 g/mol. The first kappa shape index (κ1) is 21.1. The molecule has 0 saturated carbocycles. The van der Waals surface area contributed by atoms with E-state index in [0.29, 0.717) is 37.4 Å². The maximum absolute atomic E-state index is 12.9. The number of halogens is 3. The van der Waals surface area contributed by atoms with E-state index in [9.17, 15) is 22.8 Å². The summed E-state index contributed by atoms with van der Waals surface area (Å²) in [7, 11) is 0. The van der Waals surface area contributed by atoms with Gasteiger partial charge in [-0.3, -0.25) is 14.5 Å². The lowest BCUT2D eigenvalue weighted by Crippen LogP contribution is -2.43. The molecular weight excluding hydrogens is 387 g/mol. The van der Waals surface area contributed by atoms with Crippen LogP contribution in [0, 0.1) is 0 Å². The van der Waals surface area contributed by atoms with Gasteiger partial charge in [-0.15, -0.1) is 0 Å². The number of aromatic amines is 1. The molecule has 0 spiro atoms. The number of carbonyl (C=O) groups excluding carboxylic acids is 2. The molecule has 1 saturated heterocycles. The molecule has 156 valence electrons. The van der Waals surface area contributed by atoms with Gasteiger partial charge in [-0.1, -0.05) is 12.1 Å². The molecule has 6 nitrogen and oxygen atoms in total. The predicted molar refractivity (Wildman–Crippen MR) is 99.7 cm³/mol. The van der Waals surface area contributed by atoms with Gasteiger partial charge in [0.25, 0.3) is 5.91 Å². The van der Waals surface area contributed by atoms with Crippen LogP contribution in [0.15, 0.2) is 36.5 Å². The van der Waals surface area contributed by atoms with Crippen molar-refractivity contribution in [3.63, 3.8) is 0 Å². The number of amides is 1. The van der Waals surface area contributed by atoms with Crippen LogP contribution in [0.3, 0.4) is 0 Å². The van der Waals surface area contributed by atoms with Crippen molar-refractivity contribution in [1.82, 2.24) is 15.2 Å². The van der Waals surface area contributed by atoms with Crippen molar-refractivity contribution in [1.29, 1.82) is 0 Å². The quantitative estimate of drug-likeness (QED) is 0.720. The highest BCUT2D eigenvalue weighted by Gasteiger charge is 2.31. The number of hydrogen-bond acceptors (Lipinski definition) is 4. The van der Waals surface area contributed by atoms with E-state index in [0.717, 1.165) is 12.1 Å². The highest BCUT2D eigenvalue weighted by Crippen LogP contribution is 2.31. The highest BCUT2D eigenvalue weighted by molar-refractivity contribution is 5.99. The Morgan fingerprint density at radius 3 is 2.41 bits per heavy atom. The van der Waals surface area contributed by atoms with Gasteiger partial charge in [0.2, 0.25) is 0 Å². The Bertz CT molecular complexity index is 856. The molecule has 1 aliphatic rings. The summed E-state index contributed by atoms with van der Waals surface area (Å²) in [6.45, 7) is 3.87. The Labute approximate surface area is 166 Å². The Kier molecular flexibility index (Phi) is 6.39. The molecule has 0 bridgehead atoms. The van der Waals surface area contributed by atoms with E-state index in [1.54, 1.807) is 0 Å². The van der Waals surface area contributed by atoms with Gasteiger partial charge in [-0.05, 0) is 30.7 Å². The fourth-order valence-corrected chi connectivity index (χ4v) is 3.25. The molecular formula is C20H22F3N3O3. The molecule has 2 aromatic rings. The lowest BCUT2D eigenvalue weighted by atomic mass is 10.0. The summed E-state index contributed by atoms with van der Waals surface area (Å²) in [5, 5.41) is 2.81. The first-order chi connectivity index (χ1) is 13.8. The summed E-state index contributed by atoms with van der Waals surface area (Å²) in [5.41, 5.74) is 0.622. The van der Waals surface area contributed by atoms with E-state index < -0.39 is 11.7 Å². The maximum atomic E-state index is 12.9. The van der Waals surface area contributed by atoms with Crippen LogP contribution in [-0.2, 0) is 10.9 Å². The van der Waals surface area contributed by atoms with Crippen LogP contribution in [0.4, 0.5) is 13.2 Å². The number of nitrogens with one attached hydrogen (secondary N) is 2.